The molecule has 0 atom stereocenters. The van der Waals surface area contributed by atoms with Gasteiger partial charge in [-0.25, -0.2) is 14.4 Å². The highest BCUT2D eigenvalue weighted by Crippen LogP contribution is 2.36. The Morgan fingerprint density at radius 2 is 0.943 bits per heavy atom. The van der Waals surface area contributed by atoms with Gasteiger partial charge in [-0.3, -0.25) is 0 Å². The van der Waals surface area contributed by atoms with Gasteiger partial charge < -0.3 is 19.1 Å². The summed E-state index contributed by atoms with van der Waals surface area (Å²) < 4.78 is 15.6. The predicted molar refractivity (Wildman–Crippen MR) is 133 cm³/mol. The number of hydrogen-bond acceptors (Lipinski definition) is 7. The number of hydrogen-bond donors (Lipinski definition) is 0. The van der Waals surface area contributed by atoms with E-state index < -0.39 is 17.9 Å². The monoisotopic (exact) mass is 469 g/mol. The van der Waals surface area contributed by atoms with Gasteiger partial charge in [-0.15, -0.1) is 0 Å². The molecule has 0 saturated carbocycles. The summed E-state index contributed by atoms with van der Waals surface area (Å²) in [4.78, 5) is 36.7. The van der Waals surface area contributed by atoms with Crippen molar-refractivity contribution >= 4 is 35.0 Å². The Labute approximate surface area is 203 Å². The number of ether oxygens (including phenoxy) is 3. The van der Waals surface area contributed by atoms with Crippen molar-refractivity contribution in [2.24, 2.45) is 0 Å². The fraction of sp³-hybridized carbons (Fsp3) is 0.0357. The van der Waals surface area contributed by atoms with E-state index in [-0.39, 0.29) is 0 Å². The standard InChI is InChI=1S/C28H23NO6/c1-5-26(30)33-23-13-7-20(8-14-23)29(21-9-15-24(16-10-21)34-27(31)6-2)22-11-17-25(18-12-22)35-28(32)19(3)4/h5-18H,1-3H2,4H3. The van der Waals surface area contributed by atoms with E-state index in [2.05, 4.69) is 19.7 Å². The fourth-order valence-electron chi connectivity index (χ4n) is 2.95. The first-order valence-electron chi connectivity index (χ1n) is 10.5. The van der Waals surface area contributed by atoms with E-state index in [1.165, 1.54) is 0 Å². The highest BCUT2D eigenvalue weighted by molar-refractivity contribution is 5.89. The van der Waals surface area contributed by atoms with E-state index in [0.29, 0.717) is 22.8 Å². The molecule has 0 aliphatic carbocycles. The maximum absolute atomic E-state index is 11.8. The molecule has 3 rings (SSSR count). The Morgan fingerprint density at radius 1 is 0.629 bits per heavy atom. The number of esters is 3. The van der Waals surface area contributed by atoms with Gasteiger partial charge in [0.2, 0.25) is 0 Å². The maximum Gasteiger partial charge on any atom is 0.338 e. The predicted octanol–water partition coefficient (Wildman–Crippen LogP) is 5.82. The van der Waals surface area contributed by atoms with Gasteiger partial charge in [0.25, 0.3) is 0 Å². The average molecular weight is 469 g/mol. The number of carbonyl (C=O) groups is 3. The molecule has 176 valence electrons. The lowest BCUT2D eigenvalue weighted by molar-refractivity contribution is -0.130. The summed E-state index contributed by atoms with van der Waals surface area (Å²) in [6, 6.07) is 20.7. The number of anilines is 3. The lowest BCUT2D eigenvalue weighted by Gasteiger charge is -2.26. The largest absolute Gasteiger partial charge is 0.423 e. The lowest BCUT2D eigenvalue weighted by Crippen LogP contribution is -2.11. The molecule has 0 heterocycles. The molecule has 0 spiro atoms. The first-order chi connectivity index (χ1) is 16.8. The van der Waals surface area contributed by atoms with Crippen molar-refractivity contribution in [1.82, 2.24) is 0 Å². The molecule has 0 fully saturated rings. The van der Waals surface area contributed by atoms with E-state index >= 15 is 0 Å². The number of nitrogens with zero attached hydrogens (tertiary/aromatic N) is 1. The van der Waals surface area contributed by atoms with Crippen molar-refractivity contribution < 1.29 is 28.6 Å². The Bertz CT molecular complexity index is 1190. The molecule has 0 bridgehead atoms. The third-order valence-electron chi connectivity index (χ3n) is 4.61. The van der Waals surface area contributed by atoms with Crippen LogP contribution in [0.15, 0.2) is 110 Å². The fourth-order valence-corrected chi connectivity index (χ4v) is 2.95. The third kappa shape index (κ3) is 6.55. The number of benzene rings is 3. The quantitative estimate of drug-likeness (QED) is 0.222. The van der Waals surface area contributed by atoms with Crippen LogP contribution in [0.25, 0.3) is 0 Å². The van der Waals surface area contributed by atoms with E-state index in [1.54, 1.807) is 79.7 Å². The molecule has 0 aliphatic rings. The Kier molecular flexibility index (Phi) is 7.98. The molecule has 0 saturated heterocycles. The van der Waals surface area contributed by atoms with Crippen LogP contribution in [-0.2, 0) is 14.4 Å². The van der Waals surface area contributed by atoms with Crippen LogP contribution in [0.2, 0.25) is 0 Å². The minimum atomic E-state index is -0.556. The van der Waals surface area contributed by atoms with Crippen molar-refractivity contribution in [3.8, 4) is 17.2 Å². The van der Waals surface area contributed by atoms with Crippen molar-refractivity contribution in [3.05, 3.63) is 110 Å². The number of carbonyl (C=O) groups excluding carboxylic acids is 3. The lowest BCUT2D eigenvalue weighted by atomic mass is 10.2. The highest BCUT2D eigenvalue weighted by atomic mass is 16.5. The molecule has 0 N–H and O–H groups in total. The van der Waals surface area contributed by atoms with Gasteiger partial charge >= 0.3 is 17.9 Å². The van der Waals surface area contributed by atoms with E-state index in [0.717, 1.165) is 29.2 Å². The summed E-state index contributed by atoms with van der Waals surface area (Å²) in [6.07, 6.45) is 2.17. The molecule has 7 heteroatoms. The van der Waals surface area contributed by atoms with E-state index in [9.17, 15) is 14.4 Å². The minimum Gasteiger partial charge on any atom is -0.423 e. The summed E-state index contributed by atoms with van der Waals surface area (Å²) >= 11 is 0. The van der Waals surface area contributed by atoms with Crippen molar-refractivity contribution in [2.75, 3.05) is 4.90 Å². The minimum absolute atomic E-state index is 0.296. The summed E-state index contributed by atoms with van der Waals surface area (Å²) in [5.74, 6) is -0.512. The zero-order valence-corrected chi connectivity index (χ0v) is 19.1. The Morgan fingerprint density at radius 3 is 1.23 bits per heavy atom. The van der Waals surface area contributed by atoms with Crippen LogP contribution in [0.5, 0.6) is 17.2 Å². The SMILES string of the molecule is C=CC(=O)Oc1ccc(N(c2ccc(OC(=O)C=C)cc2)c2ccc(OC(=O)C(=C)C)cc2)cc1. The molecule has 7 nitrogen and oxygen atoms in total. The summed E-state index contributed by atoms with van der Waals surface area (Å²) in [6.45, 7) is 11.9. The summed E-state index contributed by atoms with van der Waals surface area (Å²) in [5.41, 5.74) is 2.56. The Balaban J connectivity index is 1.96. The van der Waals surface area contributed by atoms with Gasteiger partial charge in [-0.05, 0) is 79.7 Å². The van der Waals surface area contributed by atoms with Crippen LogP contribution in [0, 0.1) is 0 Å². The smallest absolute Gasteiger partial charge is 0.338 e. The van der Waals surface area contributed by atoms with Gasteiger partial charge in [0, 0.05) is 34.8 Å². The molecule has 3 aromatic carbocycles. The van der Waals surface area contributed by atoms with Gasteiger partial charge in [-0.2, -0.15) is 0 Å². The zero-order chi connectivity index (χ0) is 25.4. The highest BCUT2D eigenvalue weighted by Gasteiger charge is 2.15. The van der Waals surface area contributed by atoms with Gasteiger partial charge in [0.1, 0.15) is 17.2 Å². The summed E-state index contributed by atoms with van der Waals surface area (Å²) in [7, 11) is 0. The summed E-state index contributed by atoms with van der Waals surface area (Å²) in [5, 5.41) is 0. The Hall–Kier alpha value is -4.91. The molecule has 0 amide bonds. The van der Waals surface area contributed by atoms with Crippen LogP contribution >= 0.6 is 0 Å². The first-order valence-corrected chi connectivity index (χ1v) is 10.5. The van der Waals surface area contributed by atoms with Crippen molar-refractivity contribution in [1.29, 1.82) is 0 Å². The molecular weight excluding hydrogens is 446 g/mol. The van der Waals surface area contributed by atoms with E-state index in [1.807, 2.05) is 4.90 Å². The van der Waals surface area contributed by atoms with Gasteiger partial charge in [0.05, 0.1) is 0 Å². The molecule has 3 aromatic rings. The second kappa shape index (κ2) is 11.3. The topological polar surface area (TPSA) is 82.1 Å². The first kappa shape index (κ1) is 24.7. The second-order valence-corrected chi connectivity index (χ2v) is 7.24. The molecule has 0 unspecified atom stereocenters. The molecule has 0 radical (unpaired) electrons. The van der Waals surface area contributed by atoms with Crippen LogP contribution < -0.4 is 19.1 Å². The third-order valence-corrected chi connectivity index (χ3v) is 4.61. The molecule has 0 aliphatic heterocycles. The van der Waals surface area contributed by atoms with Crippen LogP contribution in [-0.4, -0.2) is 17.9 Å². The molecule has 35 heavy (non-hydrogen) atoms. The van der Waals surface area contributed by atoms with Crippen molar-refractivity contribution in [2.45, 2.75) is 6.92 Å². The van der Waals surface area contributed by atoms with Crippen molar-refractivity contribution in [3.63, 3.8) is 0 Å². The second-order valence-electron chi connectivity index (χ2n) is 7.24. The maximum atomic E-state index is 11.8. The van der Waals surface area contributed by atoms with E-state index in [4.69, 9.17) is 14.2 Å². The van der Waals surface area contributed by atoms with Gasteiger partial charge in [0.15, 0.2) is 0 Å². The van der Waals surface area contributed by atoms with Crippen LogP contribution in [0.4, 0.5) is 17.1 Å². The van der Waals surface area contributed by atoms with Crippen LogP contribution in [0.1, 0.15) is 6.92 Å². The molecular formula is C28H23NO6. The van der Waals surface area contributed by atoms with Crippen LogP contribution in [0.3, 0.4) is 0 Å². The zero-order valence-electron chi connectivity index (χ0n) is 19.1. The normalized spacial score (nSPS) is 9.97. The molecule has 0 aromatic heterocycles. The van der Waals surface area contributed by atoms with Gasteiger partial charge in [-0.1, -0.05) is 19.7 Å². The number of rotatable bonds is 9. The average Bonchev–Trinajstić information content (AvgIpc) is 2.87.